The molecule has 2 rings (SSSR count). The minimum absolute atomic E-state index is 0.0296. The van der Waals surface area contributed by atoms with Gasteiger partial charge in [-0.05, 0) is 12.6 Å². The summed E-state index contributed by atoms with van der Waals surface area (Å²) in [6.07, 6.45) is 5.16. The van der Waals surface area contributed by atoms with E-state index in [1.54, 1.807) is 4.90 Å². The molecule has 1 fully saturated rings. The minimum Gasteiger partial charge on any atom is -0.445 e. The zero-order valence-corrected chi connectivity index (χ0v) is 11.1. The Bertz CT molecular complexity index is 467. The molecule has 0 N–H and O–H groups in total. The minimum atomic E-state index is -0.294. The molecule has 1 unspecified atom stereocenters. The monoisotopic (exact) mass is 258 g/mol. The lowest BCUT2D eigenvalue weighted by Crippen LogP contribution is -2.52. The summed E-state index contributed by atoms with van der Waals surface area (Å²) in [5.41, 5.74) is 0.985. The standard InChI is InChI=1S/C15H18N2O2/c1-3-14-11-17(10-9-16(14)2)15(18)19-12-13-7-5-4-6-8-13/h1,4-8,14H,9-12H2,2H3. The largest absolute Gasteiger partial charge is 0.445 e. The molecule has 4 heteroatoms. The Kier molecular flexibility index (Phi) is 4.43. The van der Waals surface area contributed by atoms with E-state index in [2.05, 4.69) is 10.8 Å². The third-order valence-corrected chi connectivity index (χ3v) is 3.30. The van der Waals surface area contributed by atoms with Crippen LogP contribution in [0.2, 0.25) is 0 Å². The molecular weight excluding hydrogens is 240 g/mol. The third kappa shape index (κ3) is 3.49. The third-order valence-electron chi connectivity index (χ3n) is 3.30. The highest BCUT2D eigenvalue weighted by Gasteiger charge is 2.26. The second-order valence-electron chi connectivity index (χ2n) is 4.65. The Morgan fingerprint density at radius 1 is 1.42 bits per heavy atom. The molecule has 1 aliphatic rings. The first-order valence-electron chi connectivity index (χ1n) is 6.32. The fourth-order valence-corrected chi connectivity index (χ4v) is 2.03. The Morgan fingerprint density at radius 2 is 2.16 bits per heavy atom. The second kappa shape index (κ2) is 6.26. The van der Waals surface area contributed by atoms with Crippen LogP contribution in [0.1, 0.15) is 5.56 Å². The fourth-order valence-electron chi connectivity index (χ4n) is 2.03. The van der Waals surface area contributed by atoms with Gasteiger partial charge in [0.25, 0.3) is 0 Å². The van der Waals surface area contributed by atoms with Crippen molar-refractivity contribution < 1.29 is 9.53 Å². The van der Waals surface area contributed by atoms with Crippen molar-refractivity contribution in [1.29, 1.82) is 0 Å². The van der Waals surface area contributed by atoms with Crippen LogP contribution in [0.5, 0.6) is 0 Å². The highest BCUT2D eigenvalue weighted by Crippen LogP contribution is 2.09. The smallest absolute Gasteiger partial charge is 0.410 e. The van der Waals surface area contributed by atoms with Crippen molar-refractivity contribution >= 4 is 6.09 Å². The number of likely N-dealkylation sites (N-methyl/N-ethyl adjacent to an activating group) is 1. The Balaban J connectivity index is 1.85. The first-order chi connectivity index (χ1) is 9.20. The molecule has 0 aliphatic carbocycles. The summed E-state index contributed by atoms with van der Waals surface area (Å²) < 4.78 is 5.30. The lowest BCUT2D eigenvalue weighted by Gasteiger charge is -2.36. The first kappa shape index (κ1) is 13.4. The number of hydrogen-bond acceptors (Lipinski definition) is 3. The van der Waals surface area contributed by atoms with Crippen molar-refractivity contribution in [3.8, 4) is 12.3 Å². The molecule has 1 aromatic carbocycles. The van der Waals surface area contributed by atoms with Gasteiger partial charge in [0.1, 0.15) is 6.61 Å². The normalized spacial score (nSPS) is 19.8. The van der Waals surface area contributed by atoms with Crippen molar-refractivity contribution in [2.45, 2.75) is 12.6 Å². The average molecular weight is 258 g/mol. The molecule has 1 aromatic rings. The highest BCUT2D eigenvalue weighted by molar-refractivity contribution is 5.68. The molecule has 19 heavy (non-hydrogen) atoms. The van der Waals surface area contributed by atoms with Gasteiger partial charge in [0.05, 0.1) is 12.6 Å². The van der Waals surface area contributed by atoms with Crippen molar-refractivity contribution in [2.75, 3.05) is 26.7 Å². The van der Waals surface area contributed by atoms with Crippen LogP contribution >= 0.6 is 0 Å². The topological polar surface area (TPSA) is 32.8 Å². The molecule has 1 atom stereocenters. The van der Waals surface area contributed by atoms with Gasteiger partial charge in [0.15, 0.2) is 0 Å². The van der Waals surface area contributed by atoms with Gasteiger partial charge in [0.2, 0.25) is 0 Å². The lowest BCUT2D eigenvalue weighted by molar-refractivity contribution is 0.0675. The van der Waals surface area contributed by atoms with Crippen molar-refractivity contribution in [3.63, 3.8) is 0 Å². The number of nitrogens with zero attached hydrogens (tertiary/aromatic N) is 2. The summed E-state index contributed by atoms with van der Waals surface area (Å²) >= 11 is 0. The molecule has 0 spiro atoms. The average Bonchev–Trinajstić information content (AvgIpc) is 2.46. The van der Waals surface area contributed by atoms with E-state index in [0.717, 1.165) is 12.1 Å². The molecule has 1 saturated heterocycles. The Labute approximate surface area is 114 Å². The Morgan fingerprint density at radius 3 is 2.84 bits per heavy atom. The summed E-state index contributed by atoms with van der Waals surface area (Å²) in [4.78, 5) is 15.7. The molecule has 1 aliphatic heterocycles. The van der Waals surface area contributed by atoms with Gasteiger partial charge in [-0.15, -0.1) is 6.42 Å². The predicted molar refractivity (Wildman–Crippen MR) is 73.5 cm³/mol. The van der Waals surface area contributed by atoms with E-state index in [1.165, 1.54) is 0 Å². The molecule has 1 amide bonds. The number of benzene rings is 1. The molecule has 0 saturated carbocycles. The van der Waals surface area contributed by atoms with Crippen LogP contribution in [0.15, 0.2) is 30.3 Å². The maximum absolute atomic E-state index is 12.0. The van der Waals surface area contributed by atoms with Gasteiger partial charge in [-0.1, -0.05) is 36.3 Å². The first-order valence-corrected chi connectivity index (χ1v) is 6.32. The number of hydrogen-bond donors (Lipinski definition) is 0. The molecule has 0 radical (unpaired) electrons. The van der Waals surface area contributed by atoms with Gasteiger partial charge in [-0.2, -0.15) is 0 Å². The quantitative estimate of drug-likeness (QED) is 0.755. The fraction of sp³-hybridized carbons (Fsp3) is 0.400. The van der Waals surface area contributed by atoms with E-state index in [-0.39, 0.29) is 12.1 Å². The van der Waals surface area contributed by atoms with Gasteiger partial charge in [-0.3, -0.25) is 4.90 Å². The lowest BCUT2D eigenvalue weighted by atomic mass is 10.2. The SMILES string of the molecule is C#CC1CN(C(=O)OCc2ccccc2)CCN1C. The van der Waals surface area contributed by atoms with Gasteiger partial charge in [-0.25, -0.2) is 4.79 Å². The van der Waals surface area contributed by atoms with Crippen molar-refractivity contribution in [1.82, 2.24) is 9.80 Å². The Hall–Kier alpha value is -1.99. The number of ether oxygens (including phenoxy) is 1. The molecular formula is C15H18N2O2. The van der Waals surface area contributed by atoms with Gasteiger partial charge >= 0.3 is 6.09 Å². The van der Waals surface area contributed by atoms with E-state index >= 15 is 0 Å². The summed E-state index contributed by atoms with van der Waals surface area (Å²) in [6.45, 7) is 2.25. The van der Waals surface area contributed by atoms with Crippen LogP contribution in [-0.2, 0) is 11.3 Å². The maximum atomic E-state index is 12.0. The summed E-state index contributed by atoms with van der Waals surface area (Å²) in [6, 6.07) is 9.62. The zero-order valence-electron chi connectivity index (χ0n) is 11.1. The highest BCUT2D eigenvalue weighted by atomic mass is 16.6. The predicted octanol–water partition coefficient (Wildman–Crippen LogP) is 1.57. The number of piperazine rings is 1. The summed E-state index contributed by atoms with van der Waals surface area (Å²) in [5.74, 6) is 2.69. The van der Waals surface area contributed by atoms with E-state index in [0.29, 0.717) is 19.7 Å². The van der Waals surface area contributed by atoms with Crippen LogP contribution in [0.4, 0.5) is 4.79 Å². The molecule has 0 bridgehead atoms. The van der Waals surface area contributed by atoms with Crippen molar-refractivity contribution in [3.05, 3.63) is 35.9 Å². The van der Waals surface area contributed by atoms with E-state index < -0.39 is 0 Å². The molecule has 100 valence electrons. The number of amides is 1. The van der Waals surface area contributed by atoms with Crippen LogP contribution < -0.4 is 0 Å². The summed E-state index contributed by atoms with van der Waals surface area (Å²) in [7, 11) is 1.97. The molecule has 1 heterocycles. The number of carbonyl (C=O) groups excluding carboxylic acids is 1. The van der Waals surface area contributed by atoms with Crippen molar-refractivity contribution in [2.24, 2.45) is 0 Å². The summed E-state index contributed by atoms with van der Waals surface area (Å²) in [5, 5.41) is 0. The van der Waals surface area contributed by atoms with E-state index in [1.807, 2.05) is 37.4 Å². The van der Waals surface area contributed by atoms with Gasteiger partial charge < -0.3 is 9.64 Å². The van der Waals surface area contributed by atoms with E-state index in [9.17, 15) is 4.79 Å². The van der Waals surface area contributed by atoms with Crippen LogP contribution in [-0.4, -0.2) is 48.6 Å². The zero-order chi connectivity index (χ0) is 13.7. The maximum Gasteiger partial charge on any atom is 0.410 e. The second-order valence-corrected chi connectivity index (χ2v) is 4.65. The molecule has 0 aromatic heterocycles. The number of rotatable bonds is 2. The van der Waals surface area contributed by atoms with Gasteiger partial charge in [0, 0.05) is 13.1 Å². The van der Waals surface area contributed by atoms with Crippen LogP contribution in [0, 0.1) is 12.3 Å². The number of carbonyl (C=O) groups is 1. The number of terminal acetylenes is 1. The van der Waals surface area contributed by atoms with Crippen LogP contribution in [0.25, 0.3) is 0 Å². The molecule has 4 nitrogen and oxygen atoms in total. The van der Waals surface area contributed by atoms with Crippen LogP contribution in [0.3, 0.4) is 0 Å². The van der Waals surface area contributed by atoms with E-state index in [4.69, 9.17) is 11.2 Å².